The minimum Gasteiger partial charge on any atom is -0.243 e. The Labute approximate surface area is 112 Å². The van der Waals surface area contributed by atoms with Gasteiger partial charge in [0, 0.05) is 5.56 Å². The molecule has 3 aromatic rings. The Bertz CT molecular complexity index is 706. The van der Waals surface area contributed by atoms with Crippen LogP contribution in [0.1, 0.15) is 0 Å². The first kappa shape index (κ1) is 11.5. The SMILES string of the molecule is O=C(n1ccnn1)n1nnc(Cl)c1-c1ccccc1. The van der Waals surface area contributed by atoms with Crippen molar-refractivity contribution in [1.82, 2.24) is 30.0 Å². The largest absolute Gasteiger partial charge is 0.372 e. The van der Waals surface area contributed by atoms with Gasteiger partial charge in [0.05, 0.1) is 12.4 Å². The number of rotatable bonds is 1. The summed E-state index contributed by atoms with van der Waals surface area (Å²) >= 11 is 5.99. The average molecular weight is 275 g/mol. The molecule has 2 aromatic heterocycles. The third-order valence-electron chi connectivity index (χ3n) is 2.48. The highest BCUT2D eigenvalue weighted by molar-refractivity contribution is 6.32. The van der Waals surface area contributed by atoms with E-state index in [9.17, 15) is 4.79 Å². The van der Waals surface area contributed by atoms with Crippen molar-refractivity contribution in [3.8, 4) is 11.3 Å². The molecule has 0 aliphatic carbocycles. The molecule has 94 valence electrons. The van der Waals surface area contributed by atoms with E-state index >= 15 is 0 Å². The van der Waals surface area contributed by atoms with E-state index in [1.165, 1.54) is 12.4 Å². The number of hydrogen-bond donors (Lipinski definition) is 0. The summed E-state index contributed by atoms with van der Waals surface area (Å²) in [4.78, 5) is 12.2. The van der Waals surface area contributed by atoms with Crippen molar-refractivity contribution in [1.29, 1.82) is 0 Å². The summed E-state index contributed by atoms with van der Waals surface area (Å²) in [7, 11) is 0. The molecule has 0 fully saturated rings. The highest BCUT2D eigenvalue weighted by atomic mass is 35.5. The van der Waals surface area contributed by atoms with Crippen LogP contribution in [0.15, 0.2) is 42.7 Å². The van der Waals surface area contributed by atoms with E-state index in [2.05, 4.69) is 20.6 Å². The molecule has 0 unspecified atom stereocenters. The Kier molecular flexibility index (Phi) is 2.81. The van der Waals surface area contributed by atoms with E-state index in [4.69, 9.17) is 11.6 Å². The summed E-state index contributed by atoms with van der Waals surface area (Å²) < 4.78 is 2.14. The summed E-state index contributed by atoms with van der Waals surface area (Å²) in [5.41, 5.74) is 1.16. The molecule has 2 heterocycles. The fraction of sp³-hybridized carbons (Fsp3) is 0. The Hall–Kier alpha value is -2.54. The lowest BCUT2D eigenvalue weighted by Crippen LogP contribution is -2.22. The van der Waals surface area contributed by atoms with E-state index < -0.39 is 6.03 Å². The van der Waals surface area contributed by atoms with Crippen LogP contribution in [0.4, 0.5) is 4.79 Å². The Morgan fingerprint density at radius 3 is 2.63 bits per heavy atom. The summed E-state index contributed by atoms with van der Waals surface area (Å²) in [5, 5.41) is 14.8. The maximum atomic E-state index is 12.2. The number of benzene rings is 1. The molecular formula is C11H7ClN6O. The zero-order chi connectivity index (χ0) is 13.2. The maximum absolute atomic E-state index is 12.2. The molecule has 0 aliphatic heterocycles. The Morgan fingerprint density at radius 1 is 1.16 bits per heavy atom. The van der Waals surface area contributed by atoms with Gasteiger partial charge < -0.3 is 0 Å². The van der Waals surface area contributed by atoms with Crippen molar-refractivity contribution in [3.05, 3.63) is 47.9 Å². The molecule has 8 heteroatoms. The van der Waals surface area contributed by atoms with Crippen LogP contribution in [0, 0.1) is 0 Å². The number of hydrogen-bond acceptors (Lipinski definition) is 5. The molecule has 0 radical (unpaired) electrons. The van der Waals surface area contributed by atoms with Gasteiger partial charge in [0.25, 0.3) is 0 Å². The van der Waals surface area contributed by atoms with Crippen LogP contribution >= 0.6 is 11.6 Å². The molecule has 0 saturated carbocycles. The van der Waals surface area contributed by atoms with Crippen molar-refractivity contribution in [2.45, 2.75) is 0 Å². The Morgan fingerprint density at radius 2 is 1.95 bits per heavy atom. The fourth-order valence-corrected chi connectivity index (χ4v) is 1.87. The maximum Gasteiger partial charge on any atom is 0.372 e. The van der Waals surface area contributed by atoms with Crippen molar-refractivity contribution in [3.63, 3.8) is 0 Å². The summed E-state index contributed by atoms with van der Waals surface area (Å²) in [6, 6.07) is 8.66. The first-order valence-corrected chi connectivity index (χ1v) is 5.73. The molecule has 0 atom stereocenters. The van der Waals surface area contributed by atoms with Crippen LogP contribution in [-0.4, -0.2) is 36.0 Å². The van der Waals surface area contributed by atoms with E-state index in [-0.39, 0.29) is 5.15 Å². The van der Waals surface area contributed by atoms with Crippen LogP contribution in [0.3, 0.4) is 0 Å². The highest BCUT2D eigenvalue weighted by Crippen LogP contribution is 2.25. The van der Waals surface area contributed by atoms with Gasteiger partial charge >= 0.3 is 6.03 Å². The number of aromatic nitrogens is 6. The number of carbonyl (C=O) groups excluding carboxylic acids is 1. The predicted octanol–water partition coefficient (Wildman–Crippen LogP) is 1.71. The number of halogens is 1. The first-order valence-electron chi connectivity index (χ1n) is 5.35. The number of nitrogens with zero attached hydrogens (tertiary/aromatic N) is 6. The van der Waals surface area contributed by atoms with E-state index in [1.54, 1.807) is 0 Å². The van der Waals surface area contributed by atoms with Crippen LogP contribution in [0.25, 0.3) is 11.3 Å². The van der Waals surface area contributed by atoms with E-state index in [0.29, 0.717) is 5.69 Å². The van der Waals surface area contributed by atoms with Crippen LogP contribution < -0.4 is 0 Å². The van der Waals surface area contributed by atoms with Gasteiger partial charge in [0.1, 0.15) is 5.69 Å². The van der Waals surface area contributed by atoms with Crippen molar-refractivity contribution in [2.75, 3.05) is 0 Å². The molecule has 19 heavy (non-hydrogen) atoms. The van der Waals surface area contributed by atoms with Gasteiger partial charge in [-0.15, -0.1) is 10.2 Å². The summed E-state index contributed by atoms with van der Waals surface area (Å²) in [6.45, 7) is 0. The zero-order valence-corrected chi connectivity index (χ0v) is 10.3. The predicted molar refractivity (Wildman–Crippen MR) is 66.7 cm³/mol. The summed E-state index contributed by atoms with van der Waals surface area (Å²) in [6.07, 6.45) is 2.82. The normalized spacial score (nSPS) is 10.6. The third kappa shape index (κ3) is 2.00. The minimum atomic E-state index is -0.504. The lowest BCUT2D eigenvalue weighted by molar-refractivity contribution is 0.237. The van der Waals surface area contributed by atoms with Crippen LogP contribution in [0.5, 0.6) is 0 Å². The van der Waals surface area contributed by atoms with Gasteiger partial charge in [0.2, 0.25) is 0 Å². The third-order valence-corrected chi connectivity index (χ3v) is 2.73. The van der Waals surface area contributed by atoms with Gasteiger partial charge in [-0.25, -0.2) is 4.79 Å². The fourth-order valence-electron chi connectivity index (χ4n) is 1.64. The molecule has 7 nitrogen and oxygen atoms in total. The number of carbonyl (C=O) groups is 1. The lowest BCUT2D eigenvalue weighted by atomic mass is 10.2. The monoisotopic (exact) mass is 274 g/mol. The van der Waals surface area contributed by atoms with Gasteiger partial charge in [-0.1, -0.05) is 52.4 Å². The topological polar surface area (TPSA) is 78.5 Å². The smallest absolute Gasteiger partial charge is 0.243 e. The quantitative estimate of drug-likeness (QED) is 0.675. The highest BCUT2D eigenvalue weighted by Gasteiger charge is 2.20. The van der Waals surface area contributed by atoms with Crippen molar-refractivity contribution >= 4 is 17.6 Å². The van der Waals surface area contributed by atoms with E-state index in [0.717, 1.165) is 14.9 Å². The van der Waals surface area contributed by atoms with Crippen LogP contribution in [-0.2, 0) is 0 Å². The summed E-state index contributed by atoms with van der Waals surface area (Å²) in [5.74, 6) is 0. The molecule has 0 saturated heterocycles. The first-order chi connectivity index (χ1) is 9.27. The lowest BCUT2D eigenvalue weighted by Gasteiger charge is -2.04. The molecule has 1 aromatic carbocycles. The van der Waals surface area contributed by atoms with Crippen molar-refractivity contribution in [2.24, 2.45) is 0 Å². The standard InChI is InChI=1S/C11H7ClN6O/c12-10-9(8-4-2-1-3-5-8)18(16-14-10)11(19)17-7-6-13-15-17/h1-7H. The van der Waals surface area contributed by atoms with E-state index in [1.807, 2.05) is 30.3 Å². The molecular weight excluding hydrogens is 268 g/mol. The van der Waals surface area contributed by atoms with Gasteiger partial charge in [0.15, 0.2) is 5.15 Å². The van der Waals surface area contributed by atoms with Crippen LogP contribution in [0.2, 0.25) is 5.15 Å². The second-order valence-electron chi connectivity index (χ2n) is 3.64. The molecule has 0 bridgehead atoms. The van der Waals surface area contributed by atoms with Gasteiger partial charge in [-0.05, 0) is 0 Å². The molecule has 0 amide bonds. The zero-order valence-electron chi connectivity index (χ0n) is 9.51. The second kappa shape index (κ2) is 4.62. The Balaban J connectivity index is 2.12. The molecule has 0 N–H and O–H groups in total. The molecule has 0 aliphatic rings. The second-order valence-corrected chi connectivity index (χ2v) is 3.99. The van der Waals surface area contributed by atoms with Gasteiger partial charge in [-0.3, -0.25) is 0 Å². The average Bonchev–Trinajstić information content (AvgIpc) is 3.08. The molecule has 3 rings (SSSR count). The minimum absolute atomic E-state index is 0.152. The van der Waals surface area contributed by atoms with Gasteiger partial charge in [-0.2, -0.15) is 9.36 Å². The van der Waals surface area contributed by atoms with Crippen molar-refractivity contribution < 1.29 is 4.79 Å². The molecule has 0 spiro atoms.